The lowest BCUT2D eigenvalue weighted by molar-refractivity contribution is -0.115. The van der Waals surface area contributed by atoms with Gasteiger partial charge in [-0.15, -0.1) is 0 Å². The molecular weight excluding hydrogens is 350 g/mol. The van der Waals surface area contributed by atoms with E-state index in [9.17, 15) is 9.00 Å². The zero-order valence-electron chi connectivity index (χ0n) is 14.5. The molecule has 1 N–H and O–H groups in total. The first-order valence-corrected chi connectivity index (χ1v) is 9.54. The molecule has 0 fully saturated rings. The van der Waals surface area contributed by atoms with Gasteiger partial charge < -0.3 is 9.84 Å². The monoisotopic (exact) mass is 369 g/mol. The van der Waals surface area contributed by atoms with Crippen LogP contribution in [0.4, 0.5) is 5.69 Å². The van der Waals surface area contributed by atoms with E-state index >= 15 is 0 Å². The molecule has 1 heterocycles. The van der Waals surface area contributed by atoms with Crippen LogP contribution in [0.5, 0.6) is 0 Å². The van der Waals surface area contributed by atoms with Crippen LogP contribution in [-0.4, -0.2) is 25.5 Å². The van der Waals surface area contributed by atoms with Crippen molar-refractivity contribution in [3.05, 3.63) is 66.1 Å². The second-order valence-corrected chi connectivity index (χ2v) is 7.66. The summed E-state index contributed by atoms with van der Waals surface area (Å²) in [7, 11) is -1.47. The van der Waals surface area contributed by atoms with E-state index in [0.29, 0.717) is 11.5 Å². The number of anilines is 1. The van der Waals surface area contributed by atoms with Gasteiger partial charge in [-0.2, -0.15) is 4.98 Å². The van der Waals surface area contributed by atoms with E-state index in [1.807, 2.05) is 49.4 Å². The average Bonchev–Trinajstić information content (AvgIpc) is 3.11. The van der Waals surface area contributed by atoms with Gasteiger partial charge in [0, 0.05) is 22.1 Å². The Hall–Kier alpha value is -2.80. The second kappa shape index (κ2) is 8.05. The summed E-state index contributed by atoms with van der Waals surface area (Å²) < 4.78 is 17.6. The van der Waals surface area contributed by atoms with Gasteiger partial charge in [-0.1, -0.05) is 53.2 Å². The zero-order valence-corrected chi connectivity index (χ0v) is 15.3. The fourth-order valence-corrected chi connectivity index (χ4v) is 3.17. The quantitative estimate of drug-likeness (QED) is 0.720. The number of nitrogens with one attached hydrogen (secondary N) is 1. The predicted octanol–water partition coefficient (Wildman–Crippen LogP) is 3.32. The van der Waals surface area contributed by atoms with Crippen molar-refractivity contribution in [1.29, 1.82) is 0 Å². The molecule has 2 aromatic carbocycles. The lowest BCUT2D eigenvalue weighted by atomic mass is 10.1. The zero-order chi connectivity index (χ0) is 18.5. The highest BCUT2D eigenvalue weighted by atomic mass is 32.2. The number of nitrogens with zero attached hydrogens (tertiary/aromatic N) is 2. The van der Waals surface area contributed by atoms with Gasteiger partial charge in [-0.25, -0.2) is 0 Å². The third-order valence-electron chi connectivity index (χ3n) is 3.85. The van der Waals surface area contributed by atoms with Gasteiger partial charge in [0.05, 0.1) is 0 Å². The number of carbonyl (C=O) groups excluding carboxylic acids is 1. The Labute approximate surface area is 154 Å². The molecule has 0 aliphatic heterocycles. The molecule has 3 aromatic rings. The van der Waals surface area contributed by atoms with Crippen molar-refractivity contribution in [3.8, 4) is 11.4 Å². The molecule has 0 spiro atoms. The summed E-state index contributed by atoms with van der Waals surface area (Å²) in [6.45, 7) is 3.61. The van der Waals surface area contributed by atoms with Gasteiger partial charge in [0.2, 0.25) is 17.6 Å². The molecule has 7 heteroatoms. The van der Waals surface area contributed by atoms with Crippen molar-refractivity contribution in [2.24, 2.45) is 0 Å². The van der Waals surface area contributed by atoms with E-state index in [0.717, 1.165) is 11.1 Å². The van der Waals surface area contributed by atoms with E-state index in [-0.39, 0.29) is 17.6 Å². The van der Waals surface area contributed by atoms with Crippen molar-refractivity contribution >= 4 is 22.4 Å². The van der Waals surface area contributed by atoms with Crippen LogP contribution >= 0.6 is 0 Å². The molecule has 6 nitrogen and oxygen atoms in total. The average molecular weight is 369 g/mol. The Balaban J connectivity index is 1.62. The summed E-state index contributed by atoms with van der Waals surface area (Å²) in [5.74, 6) is 0.409. The number of rotatable bonds is 6. The van der Waals surface area contributed by atoms with Gasteiger partial charge in [0.25, 0.3) is 0 Å². The lowest BCUT2D eigenvalue weighted by Crippen LogP contribution is -2.29. The molecule has 1 aromatic heterocycles. The molecule has 26 heavy (non-hydrogen) atoms. The first kappa shape index (κ1) is 18.0. The van der Waals surface area contributed by atoms with Crippen molar-refractivity contribution in [3.63, 3.8) is 0 Å². The fourth-order valence-electron chi connectivity index (χ4n) is 2.26. The van der Waals surface area contributed by atoms with E-state index in [4.69, 9.17) is 4.52 Å². The smallest absolute Gasteiger partial charge is 0.239 e. The molecule has 0 radical (unpaired) electrons. The Morgan fingerprint density at radius 2 is 1.85 bits per heavy atom. The molecule has 2 unspecified atom stereocenters. The molecule has 2 atom stereocenters. The van der Waals surface area contributed by atoms with E-state index < -0.39 is 16.0 Å². The number of carbonyl (C=O) groups is 1. The van der Waals surface area contributed by atoms with Crippen molar-refractivity contribution in [2.45, 2.75) is 24.9 Å². The minimum Gasteiger partial charge on any atom is -0.338 e. The van der Waals surface area contributed by atoms with Gasteiger partial charge in [-0.3, -0.25) is 9.00 Å². The Morgan fingerprint density at radius 3 is 2.54 bits per heavy atom. The normalized spacial score (nSPS) is 13.2. The Bertz CT molecular complexity index is 907. The van der Waals surface area contributed by atoms with Crippen molar-refractivity contribution in [1.82, 2.24) is 10.1 Å². The third kappa shape index (κ3) is 4.43. The van der Waals surface area contributed by atoms with Crippen LogP contribution in [0.15, 0.2) is 59.1 Å². The number of aryl methyl sites for hydroxylation is 1. The van der Waals surface area contributed by atoms with Crippen LogP contribution < -0.4 is 5.32 Å². The molecular formula is C19H19N3O3S. The maximum atomic E-state index is 12.5. The highest BCUT2D eigenvalue weighted by molar-refractivity contribution is 7.85. The largest absolute Gasteiger partial charge is 0.338 e. The van der Waals surface area contributed by atoms with Crippen molar-refractivity contribution in [2.75, 3.05) is 5.32 Å². The predicted molar refractivity (Wildman–Crippen MR) is 101 cm³/mol. The fraction of sp³-hybridized carbons (Fsp3) is 0.211. The number of aromatic nitrogens is 2. The maximum Gasteiger partial charge on any atom is 0.239 e. The van der Waals surface area contributed by atoms with Crippen LogP contribution in [0.1, 0.15) is 18.4 Å². The molecule has 3 rings (SSSR count). The summed E-state index contributed by atoms with van der Waals surface area (Å²) in [4.78, 5) is 16.5. The van der Waals surface area contributed by atoms with E-state index in [1.54, 1.807) is 19.1 Å². The van der Waals surface area contributed by atoms with Crippen LogP contribution in [0.2, 0.25) is 0 Å². The first-order valence-electron chi connectivity index (χ1n) is 8.15. The number of para-hydroxylation sites is 1. The first-order chi connectivity index (χ1) is 12.5. The maximum absolute atomic E-state index is 12.5. The van der Waals surface area contributed by atoms with Gasteiger partial charge in [0.15, 0.2) is 0 Å². The Morgan fingerprint density at radius 1 is 1.15 bits per heavy atom. The molecule has 0 aliphatic carbocycles. The number of benzene rings is 2. The van der Waals surface area contributed by atoms with Crippen LogP contribution in [0, 0.1) is 6.92 Å². The van der Waals surface area contributed by atoms with Gasteiger partial charge in [0.1, 0.15) is 11.0 Å². The summed E-state index contributed by atoms with van der Waals surface area (Å²) >= 11 is 0. The van der Waals surface area contributed by atoms with Crippen LogP contribution in [-0.2, 0) is 21.3 Å². The number of hydrogen-bond acceptors (Lipinski definition) is 5. The number of hydrogen-bond donors (Lipinski definition) is 1. The van der Waals surface area contributed by atoms with Crippen LogP contribution in [0.3, 0.4) is 0 Å². The minimum atomic E-state index is -1.47. The summed E-state index contributed by atoms with van der Waals surface area (Å²) in [5, 5.41) is 5.96. The molecule has 0 bridgehead atoms. The molecule has 1 amide bonds. The molecule has 0 aliphatic rings. The lowest BCUT2D eigenvalue weighted by Gasteiger charge is -2.10. The highest BCUT2D eigenvalue weighted by Gasteiger charge is 2.22. The Kier molecular flexibility index (Phi) is 5.58. The minimum absolute atomic E-state index is 0.0300. The second-order valence-electron chi connectivity index (χ2n) is 5.90. The SMILES string of the molecule is Cc1ccc(-c2noc(CS(=O)C(C)C(=O)Nc3ccccc3)n2)cc1. The molecule has 134 valence electrons. The van der Waals surface area contributed by atoms with E-state index in [2.05, 4.69) is 15.5 Å². The highest BCUT2D eigenvalue weighted by Crippen LogP contribution is 2.17. The van der Waals surface area contributed by atoms with E-state index in [1.165, 1.54) is 0 Å². The number of amides is 1. The van der Waals surface area contributed by atoms with Crippen molar-refractivity contribution < 1.29 is 13.5 Å². The van der Waals surface area contributed by atoms with Crippen LogP contribution in [0.25, 0.3) is 11.4 Å². The summed E-state index contributed by atoms with van der Waals surface area (Å²) in [5.41, 5.74) is 2.63. The molecule has 0 saturated carbocycles. The standard InChI is InChI=1S/C19H19N3O3S/c1-13-8-10-15(11-9-13)18-21-17(25-22-18)12-26(24)14(2)19(23)20-16-6-4-3-5-7-16/h3-11,14H,12H2,1-2H3,(H,20,23). The summed E-state index contributed by atoms with van der Waals surface area (Å²) in [6, 6.07) is 16.8. The van der Waals surface area contributed by atoms with Gasteiger partial charge in [-0.05, 0) is 26.0 Å². The topological polar surface area (TPSA) is 85.1 Å². The molecule has 0 saturated heterocycles. The third-order valence-corrected chi connectivity index (χ3v) is 5.38. The summed E-state index contributed by atoms with van der Waals surface area (Å²) in [6.07, 6.45) is 0. The van der Waals surface area contributed by atoms with Gasteiger partial charge >= 0.3 is 0 Å².